The normalized spacial score (nSPS) is 10.9. The van der Waals surface area contributed by atoms with Crippen molar-refractivity contribution in [3.8, 4) is 0 Å². The maximum atomic E-state index is 12.2. The number of hydrogen-bond acceptors (Lipinski definition) is 8. The highest BCUT2D eigenvalue weighted by Gasteiger charge is 2.24. The van der Waals surface area contributed by atoms with E-state index in [-0.39, 0.29) is 17.2 Å². The third kappa shape index (κ3) is 5.10. The molecule has 0 fully saturated rings. The van der Waals surface area contributed by atoms with Gasteiger partial charge < -0.3 is 0 Å². The molecule has 0 spiro atoms. The van der Waals surface area contributed by atoms with Gasteiger partial charge in [0.2, 0.25) is 11.6 Å². The zero-order valence-electron chi connectivity index (χ0n) is 14.3. The van der Waals surface area contributed by atoms with Crippen molar-refractivity contribution in [3.63, 3.8) is 0 Å². The molecule has 0 atom stereocenters. The molecule has 0 aliphatic carbocycles. The van der Waals surface area contributed by atoms with Gasteiger partial charge in [0.15, 0.2) is 0 Å². The van der Waals surface area contributed by atoms with E-state index in [1.165, 1.54) is 0 Å². The fraction of sp³-hybridized carbons (Fsp3) is 0.267. The third-order valence-corrected chi connectivity index (χ3v) is 3.67. The van der Waals surface area contributed by atoms with Crippen molar-refractivity contribution < 1.29 is 9.72 Å². The van der Waals surface area contributed by atoms with E-state index in [4.69, 9.17) is 0 Å². The first-order chi connectivity index (χ1) is 12.2. The maximum absolute atomic E-state index is 12.2. The van der Waals surface area contributed by atoms with Gasteiger partial charge >= 0.3 is 5.69 Å². The second-order valence-corrected chi connectivity index (χ2v) is 7.09. The summed E-state index contributed by atoms with van der Waals surface area (Å²) >= 11 is 3.27. The number of halogens is 1. The molecule has 2 rings (SSSR count). The highest BCUT2D eigenvalue weighted by molar-refractivity contribution is 9.10. The van der Waals surface area contributed by atoms with Crippen LogP contribution >= 0.6 is 15.9 Å². The number of aromatic nitrogens is 2. The van der Waals surface area contributed by atoms with E-state index < -0.39 is 16.5 Å². The number of carbonyl (C=O) groups is 1. The van der Waals surface area contributed by atoms with Gasteiger partial charge in [-0.3, -0.25) is 31.2 Å². The predicted molar refractivity (Wildman–Crippen MR) is 100 cm³/mol. The quantitative estimate of drug-likeness (QED) is 0.411. The van der Waals surface area contributed by atoms with Gasteiger partial charge in [-0.25, -0.2) is 15.4 Å². The van der Waals surface area contributed by atoms with Crippen LogP contribution < -0.4 is 21.7 Å². The molecule has 1 amide bonds. The number of hydrogen-bond donors (Lipinski definition) is 4. The van der Waals surface area contributed by atoms with Gasteiger partial charge in [-0.2, -0.15) is 0 Å². The summed E-state index contributed by atoms with van der Waals surface area (Å²) < 4.78 is 0.591. The first kappa shape index (κ1) is 19.5. The highest BCUT2D eigenvalue weighted by Crippen LogP contribution is 2.28. The molecular weight excluding hydrogens is 406 g/mol. The molecule has 11 heteroatoms. The number of nitrogens with one attached hydrogen (secondary N) is 4. The molecule has 0 aliphatic heterocycles. The molecule has 1 aromatic heterocycles. The van der Waals surface area contributed by atoms with Crippen LogP contribution in [0.15, 0.2) is 35.1 Å². The molecule has 1 heterocycles. The van der Waals surface area contributed by atoms with Gasteiger partial charge in [0.25, 0.3) is 5.91 Å². The summed E-state index contributed by atoms with van der Waals surface area (Å²) in [7, 11) is 0. The Balaban J connectivity index is 2.20. The topological polar surface area (TPSA) is 134 Å². The molecule has 0 bridgehead atoms. The number of anilines is 2. The molecule has 2 aromatic rings. The summed E-state index contributed by atoms with van der Waals surface area (Å²) in [6.45, 7) is 5.64. The lowest BCUT2D eigenvalue weighted by Gasteiger charge is -2.21. The van der Waals surface area contributed by atoms with Gasteiger partial charge in [0.1, 0.15) is 6.33 Å². The van der Waals surface area contributed by atoms with Crippen LogP contribution in [0.5, 0.6) is 0 Å². The number of carbonyl (C=O) groups excluding carboxylic acids is 1. The number of benzene rings is 1. The Labute approximate surface area is 158 Å². The van der Waals surface area contributed by atoms with E-state index in [2.05, 4.69) is 47.6 Å². The summed E-state index contributed by atoms with van der Waals surface area (Å²) in [5.41, 5.74) is 10.1. The molecular formula is C15H18BrN7O3. The Morgan fingerprint density at radius 3 is 2.35 bits per heavy atom. The molecule has 138 valence electrons. The van der Waals surface area contributed by atoms with Gasteiger partial charge in [-0.05, 0) is 48.8 Å². The van der Waals surface area contributed by atoms with Gasteiger partial charge in [0.05, 0.1) is 10.5 Å². The highest BCUT2D eigenvalue weighted by atomic mass is 79.9. The summed E-state index contributed by atoms with van der Waals surface area (Å²) in [4.78, 5) is 30.7. The van der Waals surface area contributed by atoms with E-state index in [0.29, 0.717) is 10.0 Å². The molecule has 10 nitrogen and oxygen atoms in total. The van der Waals surface area contributed by atoms with Crippen LogP contribution in [0.4, 0.5) is 17.3 Å². The average Bonchev–Trinajstić information content (AvgIpc) is 2.57. The van der Waals surface area contributed by atoms with Crippen LogP contribution in [0, 0.1) is 10.1 Å². The van der Waals surface area contributed by atoms with Crippen molar-refractivity contribution in [3.05, 3.63) is 50.7 Å². The van der Waals surface area contributed by atoms with Crippen molar-refractivity contribution in [1.82, 2.24) is 20.8 Å². The first-order valence-electron chi connectivity index (χ1n) is 7.52. The Morgan fingerprint density at radius 1 is 1.15 bits per heavy atom. The Hall–Kier alpha value is -2.79. The maximum Gasteiger partial charge on any atom is 0.356 e. The van der Waals surface area contributed by atoms with E-state index >= 15 is 0 Å². The van der Waals surface area contributed by atoms with E-state index in [1.807, 2.05) is 20.8 Å². The van der Waals surface area contributed by atoms with Crippen LogP contribution in [0.1, 0.15) is 31.1 Å². The summed E-state index contributed by atoms with van der Waals surface area (Å²) in [6.07, 6.45) is 1.15. The number of nitro groups is 1. The first-order valence-corrected chi connectivity index (χ1v) is 8.32. The van der Waals surface area contributed by atoms with Crippen LogP contribution in [-0.2, 0) is 0 Å². The third-order valence-electron chi connectivity index (χ3n) is 2.97. The molecule has 0 radical (unpaired) electrons. The number of nitrogens with zero attached hydrogens (tertiary/aromatic N) is 3. The fourth-order valence-corrected chi connectivity index (χ4v) is 2.27. The lowest BCUT2D eigenvalue weighted by atomic mass is 10.1. The molecule has 0 saturated carbocycles. The SMILES string of the molecule is CC(C)(C)NNc1ncnc(NNC(=O)c2ccccc2Br)c1[N+](=O)[O-]. The molecule has 0 saturated heterocycles. The predicted octanol–water partition coefficient (Wildman–Crippen LogP) is 2.62. The molecule has 0 unspecified atom stereocenters. The molecule has 4 N–H and O–H groups in total. The van der Waals surface area contributed by atoms with Crippen LogP contribution in [0.2, 0.25) is 0 Å². The molecule has 26 heavy (non-hydrogen) atoms. The van der Waals surface area contributed by atoms with Crippen molar-refractivity contribution >= 4 is 39.2 Å². The zero-order chi connectivity index (χ0) is 19.3. The molecule has 1 aromatic carbocycles. The minimum atomic E-state index is -0.639. The van der Waals surface area contributed by atoms with Crippen molar-refractivity contribution in [1.29, 1.82) is 0 Å². The Bertz CT molecular complexity index is 823. The minimum absolute atomic E-state index is 0.0300. The van der Waals surface area contributed by atoms with E-state index in [1.54, 1.807) is 24.3 Å². The van der Waals surface area contributed by atoms with Gasteiger partial charge in [-0.1, -0.05) is 12.1 Å². The largest absolute Gasteiger partial charge is 0.356 e. The van der Waals surface area contributed by atoms with Gasteiger partial charge in [-0.15, -0.1) is 0 Å². The van der Waals surface area contributed by atoms with Crippen molar-refractivity contribution in [2.45, 2.75) is 26.3 Å². The second-order valence-electron chi connectivity index (χ2n) is 6.24. The monoisotopic (exact) mass is 423 g/mol. The van der Waals surface area contributed by atoms with Gasteiger partial charge in [0, 0.05) is 10.0 Å². The van der Waals surface area contributed by atoms with E-state index in [0.717, 1.165) is 6.33 Å². The van der Waals surface area contributed by atoms with Crippen LogP contribution in [-0.4, -0.2) is 26.3 Å². The number of amides is 1. The number of rotatable bonds is 6. The Kier molecular flexibility index (Phi) is 6.05. The average molecular weight is 424 g/mol. The standard InChI is InChI=1S/C15H18BrN7O3/c1-15(2,3)22-20-13-11(23(25)26)12(17-8-18-13)19-21-14(24)9-6-4-5-7-10(9)16/h4-8,22H,1-3H3,(H,21,24)(H2,17,18,19,20). The van der Waals surface area contributed by atoms with Crippen molar-refractivity contribution in [2.75, 3.05) is 10.9 Å². The lowest BCUT2D eigenvalue weighted by Crippen LogP contribution is -2.40. The zero-order valence-corrected chi connectivity index (χ0v) is 15.9. The molecule has 0 aliphatic rings. The Morgan fingerprint density at radius 2 is 1.77 bits per heavy atom. The summed E-state index contributed by atoms with van der Waals surface area (Å²) in [5, 5.41) is 11.4. The summed E-state index contributed by atoms with van der Waals surface area (Å²) in [6, 6.07) is 6.79. The number of hydrazine groups is 2. The van der Waals surface area contributed by atoms with Crippen LogP contribution in [0.3, 0.4) is 0 Å². The van der Waals surface area contributed by atoms with E-state index in [9.17, 15) is 14.9 Å². The smallest absolute Gasteiger partial charge is 0.299 e. The fourth-order valence-electron chi connectivity index (χ4n) is 1.81. The van der Waals surface area contributed by atoms with Crippen LogP contribution in [0.25, 0.3) is 0 Å². The minimum Gasteiger partial charge on any atom is -0.299 e. The van der Waals surface area contributed by atoms with Crippen molar-refractivity contribution in [2.24, 2.45) is 0 Å². The second kappa shape index (κ2) is 8.06. The lowest BCUT2D eigenvalue weighted by molar-refractivity contribution is -0.383. The summed E-state index contributed by atoms with van der Waals surface area (Å²) in [5.74, 6) is -0.658.